The van der Waals surface area contributed by atoms with Crippen molar-refractivity contribution in [3.63, 3.8) is 0 Å². The van der Waals surface area contributed by atoms with Crippen LogP contribution in [0.2, 0.25) is 0 Å². The van der Waals surface area contributed by atoms with E-state index in [0.717, 1.165) is 18.9 Å². The van der Waals surface area contributed by atoms with Crippen molar-refractivity contribution in [1.82, 2.24) is 5.32 Å². The fourth-order valence-electron chi connectivity index (χ4n) is 2.38. The molecule has 1 rings (SSSR count). The first-order valence-corrected chi connectivity index (χ1v) is 7.81. The standard InChI is InChI=1S/C17H24FNO4/c1-4-6-7-11(5-2)16(20)19-15(17(21)22)12-8-9-14(23-3)13(18)10-12/h8-11,15H,4-7H2,1-3H3,(H,19,20)(H,21,22). The highest BCUT2D eigenvalue weighted by atomic mass is 19.1. The Morgan fingerprint density at radius 2 is 2.04 bits per heavy atom. The van der Waals surface area contributed by atoms with Crippen molar-refractivity contribution >= 4 is 11.9 Å². The van der Waals surface area contributed by atoms with E-state index in [2.05, 4.69) is 5.32 Å². The fraction of sp³-hybridized carbons (Fsp3) is 0.529. The highest BCUT2D eigenvalue weighted by molar-refractivity contribution is 5.85. The number of carbonyl (C=O) groups excluding carboxylic acids is 1. The number of aliphatic carboxylic acids is 1. The van der Waals surface area contributed by atoms with Gasteiger partial charge >= 0.3 is 5.97 Å². The minimum absolute atomic E-state index is 0.0265. The quantitative estimate of drug-likeness (QED) is 0.730. The normalized spacial score (nSPS) is 13.2. The minimum Gasteiger partial charge on any atom is -0.494 e. The third-order valence-corrected chi connectivity index (χ3v) is 3.81. The van der Waals surface area contributed by atoms with Crippen LogP contribution in [0.4, 0.5) is 4.39 Å². The molecule has 0 aromatic heterocycles. The van der Waals surface area contributed by atoms with E-state index < -0.39 is 17.8 Å². The summed E-state index contributed by atoms with van der Waals surface area (Å²) in [6, 6.07) is 2.58. The average molecular weight is 325 g/mol. The molecule has 0 saturated heterocycles. The number of unbranched alkanes of at least 4 members (excludes halogenated alkanes) is 1. The monoisotopic (exact) mass is 325 g/mol. The maximum absolute atomic E-state index is 13.8. The zero-order chi connectivity index (χ0) is 17.4. The zero-order valence-electron chi connectivity index (χ0n) is 13.8. The molecule has 0 saturated carbocycles. The van der Waals surface area contributed by atoms with Crippen molar-refractivity contribution in [3.05, 3.63) is 29.6 Å². The molecule has 1 aromatic rings. The Morgan fingerprint density at radius 1 is 1.35 bits per heavy atom. The number of nitrogens with one attached hydrogen (secondary N) is 1. The summed E-state index contributed by atoms with van der Waals surface area (Å²) < 4.78 is 18.6. The van der Waals surface area contributed by atoms with Crippen molar-refractivity contribution in [1.29, 1.82) is 0 Å². The largest absolute Gasteiger partial charge is 0.494 e. The van der Waals surface area contributed by atoms with Crippen LogP contribution in [-0.2, 0) is 9.59 Å². The highest BCUT2D eigenvalue weighted by Gasteiger charge is 2.26. The first kappa shape index (κ1) is 18.9. The van der Waals surface area contributed by atoms with Crippen LogP contribution in [0.1, 0.15) is 51.1 Å². The molecule has 0 heterocycles. The number of hydrogen-bond donors (Lipinski definition) is 2. The second-order valence-corrected chi connectivity index (χ2v) is 5.42. The Balaban J connectivity index is 2.92. The number of amides is 1. The Hall–Kier alpha value is -2.11. The van der Waals surface area contributed by atoms with Crippen LogP contribution in [0.15, 0.2) is 18.2 Å². The van der Waals surface area contributed by atoms with Crippen molar-refractivity contribution < 1.29 is 23.8 Å². The molecule has 0 aliphatic heterocycles. The summed E-state index contributed by atoms with van der Waals surface area (Å²) in [6.45, 7) is 3.92. The van der Waals surface area contributed by atoms with E-state index >= 15 is 0 Å². The minimum atomic E-state index is -1.28. The summed E-state index contributed by atoms with van der Waals surface area (Å²) in [7, 11) is 1.33. The van der Waals surface area contributed by atoms with E-state index in [0.29, 0.717) is 12.8 Å². The summed E-state index contributed by atoms with van der Waals surface area (Å²) in [5.74, 6) is -2.42. The number of ether oxygens (including phenoxy) is 1. The van der Waals surface area contributed by atoms with Crippen LogP contribution in [0.3, 0.4) is 0 Å². The number of rotatable bonds is 9. The van der Waals surface area contributed by atoms with Crippen molar-refractivity contribution in [2.45, 2.75) is 45.6 Å². The van der Waals surface area contributed by atoms with Gasteiger partial charge in [-0.15, -0.1) is 0 Å². The number of hydrogen-bond acceptors (Lipinski definition) is 3. The van der Waals surface area contributed by atoms with Gasteiger partial charge in [-0.25, -0.2) is 9.18 Å². The lowest BCUT2D eigenvalue weighted by Gasteiger charge is -2.20. The van der Waals surface area contributed by atoms with Gasteiger partial charge in [0.15, 0.2) is 17.6 Å². The smallest absolute Gasteiger partial charge is 0.330 e. The van der Waals surface area contributed by atoms with Gasteiger partial charge < -0.3 is 15.2 Å². The topological polar surface area (TPSA) is 75.6 Å². The molecule has 0 aliphatic carbocycles. The molecule has 1 amide bonds. The molecule has 5 nitrogen and oxygen atoms in total. The Bertz CT molecular complexity index is 547. The first-order chi connectivity index (χ1) is 10.9. The SMILES string of the molecule is CCCCC(CC)C(=O)NC(C(=O)O)c1ccc(OC)c(F)c1. The average Bonchev–Trinajstić information content (AvgIpc) is 2.52. The molecular weight excluding hydrogens is 301 g/mol. The third-order valence-electron chi connectivity index (χ3n) is 3.81. The van der Waals surface area contributed by atoms with Gasteiger partial charge in [0.2, 0.25) is 5.91 Å². The van der Waals surface area contributed by atoms with Gasteiger partial charge in [-0.2, -0.15) is 0 Å². The molecule has 2 N–H and O–H groups in total. The van der Waals surface area contributed by atoms with Crippen molar-refractivity contribution in [3.8, 4) is 5.75 Å². The second kappa shape index (κ2) is 9.12. The number of methoxy groups -OCH3 is 1. The van der Waals surface area contributed by atoms with E-state index in [1.165, 1.54) is 19.2 Å². The molecule has 0 radical (unpaired) electrons. The van der Waals surface area contributed by atoms with Gasteiger partial charge in [0, 0.05) is 5.92 Å². The second-order valence-electron chi connectivity index (χ2n) is 5.42. The van der Waals surface area contributed by atoms with E-state index in [1.54, 1.807) is 0 Å². The van der Waals surface area contributed by atoms with Crippen LogP contribution in [0, 0.1) is 11.7 Å². The molecule has 128 valence electrons. The Morgan fingerprint density at radius 3 is 2.52 bits per heavy atom. The van der Waals surface area contributed by atoms with Crippen LogP contribution >= 0.6 is 0 Å². The van der Waals surface area contributed by atoms with E-state index in [4.69, 9.17) is 4.74 Å². The van der Waals surface area contributed by atoms with E-state index in [9.17, 15) is 19.1 Å². The fourth-order valence-corrected chi connectivity index (χ4v) is 2.38. The number of carboxylic acid groups (broad SMARTS) is 1. The van der Waals surface area contributed by atoms with Gasteiger partial charge in [-0.1, -0.05) is 32.8 Å². The van der Waals surface area contributed by atoms with Gasteiger partial charge in [0.05, 0.1) is 7.11 Å². The molecule has 23 heavy (non-hydrogen) atoms. The lowest BCUT2D eigenvalue weighted by molar-refractivity contribution is -0.142. The number of carboxylic acids is 1. The van der Waals surface area contributed by atoms with Gasteiger partial charge in [0.1, 0.15) is 0 Å². The first-order valence-electron chi connectivity index (χ1n) is 7.81. The molecule has 0 fully saturated rings. The molecule has 2 unspecified atom stereocenters. The summed E-state index contributed by atoms with van der Waals surface area (Å²) >= 11 is 0. The molecule has 1 aromatic carbocycles. The van der Waals surface area contributed by atoms with Crippen molar-refractivity contribution in [2.75, 3.05) is 7.11 Å². The lowest BCUT2D eigenvalue weighted by Crippen LogP contribution is -2.37. The van der Waals surface area contributed by atoms with Crippen LogP contribution in [-0.4, -0.2) is 24.1 Å². The maximum Gasteiger partial charge on any atom is 0.330 e. The molecule has 6 heteroatoms. The summed E-state index contributed by atoms with van der Waals surface area (Å²) in [5.41, 5.74) is 0.175. The van der Waals surface area contributed by atoms with Crippen LogP contribution in [0.25, 0.3) is 0 Å². The van der Waals surface area contributed by atoms with E-state index in [-0.39, 0.29) is 23.1 Å². The molecular formula is C17H24FNO4. The Labute approximate surface area is 135 Å². The van der Waals surface area contributed by atoms with Gasteiger partial charge in [0.25, 0.3) is 0 Å². The summed E-state index contributed by atoms with van der Waals surface area (Å²) in [5, 5.41) is 11.9. The predicted octanol–water partition coefficient (Wildman–Crippen LogP) is 3.29. The Kier molecular flexibility index (Phi) is 7.51. The zero-order valence-corrected chi connectivity index (χ0v) is 13.8. The molecule has 2 atom stereocenters. The maximum atomic E-state index is 13.8. The van der Waals surface area contributed by atoms with Gasteiger partial charge in [-0.3, -0.25) is 4.79 Å². The van der Waals surface area contributed by atoms with Crippen LogP contribution < -0.4 is 10.1 Å². The lowest BCUT2D eigenvalue weighted by atomic mass is 9.97. The highest BCUT2D eigenvalue weighted by Crippen LogP contribution is 2.23. The van der Waals surface area contributed by atoms with Crippen molar-refractivity contribution in [2.24, 2.45) is 5.92 Å². The van der Waals surface area contributed by atoms with Gasteiger partial charge in [-0.05, 0) is 30.5 Å². The molecule has 0 bridgehead atoms. The number of carbonyl (C=O) groups is 2. The van der Waals surface area contributed by atoms with Crippen LogP contribution in [0.5, 0.6) is 5.75 Å². The molecule has 0 spiro atoms. The molecule has 0 aliphatic rings. The summed E-state index contributed by atoms with van der Waals surface area (Å²) in [4.78, 5) is 23.7. The predicted molar refractivity (Wildman–Crippen MR) is 84.8 cm³/mol. The van der Waals surface area contributed by atoms with E-state index in [1.807, 2.05) is 13.8 Å². The number of benzene rings is 1. The third kappa shape index (κ3) is 5.23. The number of halogens is 1. The summed E-state index contributed by atoms with van der Waals surface area (Å²) in [6.07, 6.45) is 3.22.